The lowest BCUT2D eigenvalue weighted by Gasteiger charge is -2.42. The van der Waals surface area contributed by atoms with Gasteiger partial charge in [-0.1, -0.05) is 19.9 Å². The number of nitrogens with one attached hydrogen (secondary N) is 1. The molecule has 1 atom stereocenters. The molecule has 3 nitrogen and oxygen atoms in total. The summed E-state index contributed by atoms with van der Waals surface area (Å²) in [5.74, 6) is 1.08. The van der Waals surface area contributed by atoms with Crippen LogP contribution in [0.15, 0.2) is 12.1 Å². The SMILES string of the molecule is CCC1(CC)CC(NCCN(C)C)c2cc(C)c(C)cc2O1. The third kappa shape index (κ3) is 3.64. The molecule has 3 heteroatoms. The lowest BCUT2D eigenvalue weighted by atomic mass is 9.82. The molecule has 0 aromatic heterocycles. The average molecular weight is 304 g/mol. The number of ether oxygens (including phenoxy) is 1. The Morgan fingerprint density at radius 2 is 1.82 bits per heavy atom. The predicted octanol–water partition coefficient (Wildman–Crippen LogP) is 3.84. The van der Waals surface area contributed by atoms with Crippen LogP contribution in [0.2, 0.25) is 0 Å². The second-order valence-electron chi connectivity index (χ2n) is 6.98. The highest BCUT2D eigenvalue weighted by atomic mass is 16.5. The number of fused-ring (bicyclic) bond motifs is 1. The fraction of sp³-hybridized carbons (Fsp3) is 0.684. The molecule has 124 valence electrons. The van der Waals surface area contributed by atoms with Gasteiger partial charge >= 0.3 is 0 Å². The van der Waals surface area contributed by atoms with E-state index in [0.717, 1.165) is 38.1 Å². The Balaban J connectivity index is 2.29. The molecule has 2 rings (SSSR count). The van der Waals surface area contributed by atoms with Crippen molar-refractivity contribution in [3.63, 3.8) is 0 Å². The van der Waals surface area contributed by atoms with E-state index >= 15 is 0 Å². The van der Waals surface area contributed by atoms with Crippen LogP contribution in [0.1, 0.15) is 55.8 Å². The van der Waals surface area contributed by atoms with Crippen LogP contribution in [0.4, 0.5) is 0 Å². The number of rotatable bonds is 6. The van der Waals surface area contributed by atoms with Crippen LogP contribution in [0.3, 0.4) is 0 Å². The number of nitrogens with zero attached hydrogens (tertiary/aromatic N) is 1. The molecule has 1 aliphatic heterocycles. The minimum atomic E-state index is -0.0233. The van der Waals surface area contributed by atoms with E-state index in [4.69, 9.17) is 4.74 Å². The van der Waals surface area contributed by atoms with Crippen molar-refractivity contribution in [2.75, 3.05) is 27.2 Å². The van der Waals surface area contributed by atoms with Gasteiger partial charge in [0.15, 0.2) is 0 Å². The highest BCUT2D eigenvalue weighted by molar-refractivity contribution is 5.45. The smallest absolute Gasteiger partial charge is 0.125 e. The molecule has 1 aliphatic rings. The van der Waals surface area contributed by atoms with Crippen molar-refractivity contribution in [1.29, 1.82) is 0 Å². The maximum absolute atomic E-state index is 6.46. The number of aryl methyl sites for hydroxylation is 2. The summed E-state index contributed by atoms with van der Waals surface area (Å²) in [5.41, 5.74) is 3.97. The molecule has 0 radical (unpaired) electrons. The van der Waals surface area contributed by atoms with Crippen LogP contribution < -0.4 is 10.1 Å². The lowest BCUT2D eigenvalue weighted by Crippen LogP contribution is -2.44. The zero-order valence-corrected chi connectivity index (χ0v) is 15.1. The van der Waals surface area contributed by atoms with E-state index in [2.05, 4.69) is 64.1 Å². The fourth-order valence-electron chi connectivity index (χ4n) is 3.26. The molecule has 0 fully saturated rings. The molecule has 22 heavy (non-hydrogen) atoms. The van der Waals surface area contributed by atoms with Crippen LogP contribution >= 0.6 is 0 Å². The van der Waals surface area contributed by atoms with Crippen molar-refractivity contribution in [2.45, 2.75) is 58.6 Å². The molecule has 1 aromatic rings. The first kappa shape index (κ1) is 17.3. The summed E-state index contributed by atoms with van der Waals surface area (Å²) in [6.07, 6.45) is 3.17. The zero-order chi connectivity index (χ0) is 16.3. The summed E-state index contributed by atoms with van der Waals surface area (Å²) >= 11 is 0. The molecule has 1 aromatic carbocycles. The molecule has 0 aliphatic carbocycles. The molecular weight excluding hydrogens is 272 g/mol. The van der Waals surface area contributed by atoms with Crippen molar-refractivity contribution in [3.8, 4) is 5.75 Å². The molecule has 0 spiro atoms. The molecular formula is C19H32N2O. The molecule has 0 bridgehead atoms. The van der Waals surface area contributed by atoms with Gasteiger partial charge in [0.25, 0.3) is 0 Å². The quantitative estimate of drug-likeness (QED) is 0.864. The highest BCUT2D eigenvalue weighted by Crippen LogP contribution is 2.43. The summed E-state index contributed by atoms with van der Waals surface area (Å²) in [5, 5.41) is 3.76. The Morgan fingerprint density at radius 3 is 2.41 bits per heavy atom. The molecule has 1 N–H and O–H groups in total. The first-order valence-electron chi connectivity index (χ1n) is 8.59. The van der Waals surface area contributed by atoms with Gasteiger partial charge in [-0.3, -0.25) is 0 Å². The van der Waals surface area contributed by atoms with E-state index in [-0.39, 0.29) is 5.60 Å². The Kier molecular flexibility index (Phi) is 5.51. The van der Waals surface area contributed by atoms with Gasteiger partial charge in [0.1, 0.15) is 11.4 Å². The van der Waals surface area contributed by atoms with Crippen LogP contribution in [0.25, 0.3) is 0 Å². The molecule has 0 amide bonds. The highest BCUT2D eigenvalue weighted by Gasteiger charge is 2.38. The molecule has 0 saturated heterocycles. The van der Waals surface area contributed by atoms with Gasteiger partial charge in [0.2, 0.25) is 0 Å². The predicted molar refractivity (Wildman–Crippen MR) is 93.8 cm³/mol. The van der Waals surface area contributed by atoms with Gasteiger partial charge in [0, 0.05) is 31.1 Å². The van der Waals surface area contributed by atoms with Crippen LogP contribution in [0, 0.1) is 13.8 Å². The van der Waals surface area contributed by atoms with Gasteiger partial charge in [-0.05, 0) is 58.0 Å². The molecule has 1 heterocycles. The second kappa shape index (κ2) is 7.01. The van der Waals surface area contributed by atoms with E-state index in [9.17, 15) is 0 Å². The van der Waals surface area contributed by atoms with Crippen molar-refractivity contribution < 1.29 is 4.74 Å². The number of likely N-dealkylation sites (N-methyl/N-ethyl adjacent to an activating group) is 1. The van der Waals surface area contributed by atoms with Gasteiger partial charge in [0.05, 0.1) is 0 Å². The minimum absolute atomic E-state index is 0.0233. The number of benzene rings is 1. The monoisotopic (exact) mass is 304 g/mol. The van der Waals surface area contributed by atoms with Crippen LogP contribution in [-0.4, -0.2) is 37.7 Å². The third-order valence-corrected chi connectivity index (χ3v) is 5.14. The summed E-state index contributed by atoms with van der Waals surface area (Å²) in [4.78, 5) is 2.22. The van der Waals surface area contributed by atoms with E-state index < -0.39 is 0 Å². The maximum Gasteiger partial charge on any atom is 0.125 e. The molecule has 1 unspecified atom stereocenters. The first-order valence-corrected chi connectivity index (χ1v) is 8.59. The number of hydrogen-bond acceptors (Lipinski definition) is 3. The Morgan fingerprint density at radius 1 is 1.18 bits per heavy atom. The fourth-order valence-corrected chi connectivity index (χ4v) is 3.26. The van der Waals surface area contributed by atoms with Gasteiger partial charge in [-0.15, -0.1) is 0 Å². The topological polar surface area (TPSA) is 24.5 Å². The van der Waals surface area contributed by atoms with Crippen LogP contribution in [0.5, 0.6) is 5.75 Å². The van der Waals surface area contributed by atoms with Crippen LogP contribution in [-0.2, 0) is 0 Å². The summed E-state index contributed by atoms with van der Waals surface area (Å²) in [6, 6.07) is 4.93. The van der Waals surface area contributed by atoms with E-state index in [1.165, 1.54) is 16.7 Å². The normalized spacial score (nSPS) is 19.9. The van der Waals surface area contributed by atoms with Gasteiger partial charge in [-0.25, -0.2) is 0 Å². The zero-order valence-electron chi connectivity index (χ0n) is 15.1. The largest absolute Gasteiger partial charge is 0.487 e. The lowest BCUT2D eigenvalue weighted by molar-refractivity contribution is 0.0225. The Bertz CT molecular complexity index is 506. The second-order valence-corrected chi connectivity index (χ2v) is 6.98. The van der Waals surface area contributed by atoms with Gasteiger partial charge < -0.3 is 15.0 Å². The third-order valence-electron chi connectivity index (χ3n) is 5.14. The summed E-state index contributed by atoms with van der Waals surface area (Å²) in [7, 11) is 4.24. The van der Waals surface area contributed by atoms with E-state index in [1.807, 2.05) is 0 Å². The maximum atomic E-state index is 6.46. The Hall–Kier alpha value is -1.06. The Labute approximate surface area is 136 Å². The first-order chi connectivity index (χ1) is 10.4. The van der Waals surface area contributed by atoms with Crippen molar-refractivity contribution in [1.82, 2.24) is 10.2 Å². The average Bonchev–Trinajstić information content (AvgIpc) is 2.48. The standard InChI is InChI=1S/C19H32N2O/c1-7-19(8-2)13-17(20-9-10-21(5)6)16-11-14(3)15(4)12-18(16)22-19/h11-12,17,20H,7-10,13H2,1-6H3. The minimum Gasteiger partial charge on any atom is -0.487 e. The van der Waals surface area contributed by atoms with Crippen molar-refractivity contribution >= 4 is 0 Å². The summed E-state index contributed by atoms with van der Waals surface area (Å²) in [6.45, 7) is 10.9. The van der Waals surface area contributed by atoms with Gasteiger partial charge in [-0.2, -0.15) is 0 Å². The number of hydrogen-bond donors (Lipinski definition) is 1. The van der Waals surface area contributed by atoms with Crippen molar-refractivity contribution in [3.05, 3.63) is 28.8 Å². The molecule has 0 saturated carbocycles. The van der Waals surface area contributed by atoms with E-state index in [0.29, 0.717) is 6.04 Å². The van der Waals surface area contributed by atoms with Crippen molar-refractivity contribution in [2.24, 2.45) is 0 Å². The van der Waals surface area contributed by atoms with E-state index in [1.54, 1.807) is 0 Å². The summed E-state index contributed by atoms with van der Waals surface area (Å²) < 4.78 is 6.46.